The molecule has 3 rings (SSSR count). The smallest absolute Gasteiger partial charge is 0.410 e. The van der Waals surface area contributed by atoms with Crippen molar-refractivity contribution >= 4 is 6.09 Å². The van der Waals surface area contributed by atoms with Gasteiger partial charge in [-0.2, -0.15) is 0 Å². The molecule has 1 N–H and O–H groups in total. The third-order valence-electron chi connectivity index (χ3n) is 6.44. The lowest BCUT2D eigenvalue weighted by atomic mass is 10.0. The van der Waals surface area contributed by atoms with Crippen molar-refractivity contribution < 1.29 is 18.7 Å². The standard InChI is InChI=1S/C30H42FN3O3/c1-7-18-36-28-12-8-24(9-13-28)20-32-23(3)34(21-25-10-11-26(31)19-22(25)2)27-14-16-33(17-15-27)29(35)37-30(4,5)6/h8-13,19,27,32H,3,7,14-18,20-21H2,1-2,4-6H3. The number of hydrogen-bond acceptors (Lipinski definition) is 5. The van der Waals surface area contributed by atoms with Crippen LogP contribution in [0, 0.1) is 12.7 Å². The maximum atomic E-state index is 13.7. The van der Waals surface area contributed by atoms with E-state index in [0.717, 1.165) is 47.5 Å². The Morgan fingerprint density at radius 3 is 2.43 bits per heavy atom. The first-order valence-corrected chi connectivity index (χ1v) is 13.2. The number of carbonyl (C=O) groups excluding carboxylic acids is 1. The third kappa shape index (κ3) is 8.69. The molecule has 0 spiro atoms. The maximum absolute atomic E-state index is 13.7. The molecule has 2 aromatic rings. The van der Waals surface area contributed by atoms with Gasteiger partial charge in [0.25, 0.3) is 0 Å². The van der Waals surface area contributed by atoms with Gasteiger partial charge in [0.15, 0.2) is 0 Å². The quantitative estimate of drug-likeness (QED) is 0.401. The van der Waals surface area contributed by atoms with Crippen molar-refractivity contribution in [3.05, 3.63) is 77.4 Å². The lowest BCUT2D eigenvalue weighted by molar-refractivity contribution is 0.0154. The van der Waals surface area contributed by atoms with E-state index in [9.17, 15) is 9.18 Å². The predicted octanol–water partition coefficient (Wildman–Crippen LogP) is 6.39. The highest BCUT2D eigenvalue weighted by atomic mass is 19.1. The van der Waals surface area contributed by atoms with Crippen molar-refractivity contribution in [3.63, 3.8) is 0 Å². The molecule has 2 aromatic carbocycles. The molecule has 6 nitrogen and oxygen atoms in total. The van der Waals surface area contributed by atoms with E-state index in [2.05, 4.69) is 35.9 Å². The number of benzene rings is 2. The van der Waals surface area contributed by atoms with Crippen LogP contribution in [-0.2, 0) is 17.8 Å². The fourth-order valence-electron chi connectivity index (χ4n) is 4.38. The summed E-state index contributed by atoms with van der Waals surface area (Å²) in [4.78, 5) is 16.6. The summed E-state index contributed by atoms with van der Waals surface area (Å²) in [5.41, 5.74) is 2.57. The molecule has 1 aliphatic rings. The van der Waals surface area contributed by atoms with E-state index >= 15 is 0 Å². The van der Waals surface area contributed by atoms with Gasteiger partial charge in [-0.25, -0.2) is 9.18 Å². The van der Waals surface area contributed by atoms with Crippen LogP contribution in [-0.4, -0.2) is 47.2 Å². The van der Waals surface area contributed by atoms with Gasteiger partial charge in [-0.1, -0.05) is 31.7 Å². The predicted molar refractivity (Wildman–Crippen MR) is 146 cm³/mol. The number of carbonyl (C=O) groups is 1. The van der Waals surface area contributed by atoms with Crippen LogP contribution < -0.4 is 10.1 Å². The largest absolute Gasteiger partial charge is 0.494 e. The highest BCUT2D eigenvalue weighted by molar-refractivity contribution is 5.68. The number of hydrogen-bond donors (Lipinski definition) is 1. The van der Waals surface area contributed by atoms with Crippen LogP contribution in [0.15, 0.2) is 54.9 Å². The molecule has 1 amide bonds. The van der Waals surface area contributed by atoms with Gasteiger partial charge < -0.3 is 24.6 Å². The molecule has 0 atom stereocenters. The monoisotopic (exact) mass is 511 g/mol. The molecular formula is C30H42FN3O3. The topological polar surface area (TPSA) is 54.0 Å². The highest BCUT2D eigenvalue weighted by Crippen LogP contribution is 2.25. The van der Waals surface area contributed by atoms with E-state index in [4.69, 9.17) is 9.47 Å². The van der Waals surface area contributed by atoms with Crippen LogP contribution in [0.1, 0.15) is 63.6 Å². The summed E-state index contributed by atoms with van der Waals surface area (Å²) in [5, 5.41) is 3.49. The zero-order chi connectivity index (χ0) is 27.0. The minimum absolute atomic E-state index is 0.188. The van der Waals surface area contributed by atoms with Crippen LogP contribution in [0.2, 0.25) is 0 Å². The van der Waals surface area contributed by atoms with Crippen LogP contribution in [0.4, 0.5) is 9.18 Å². The van der Waals surface area contributed by atoms with Crippen molar-refractivity contribution in [2.45, 2.75) is 78.6 Å². The average molecular weight is 512 g/mol. The van der Waals surface area contributed by atoms with Crippen molar-refractivity contribution in [3.8, 4) is 5.75 Å². The summed E-state index contributed by atoms with van der Waals surface area (Å²) in [6.07, 6.45) is 2.30. The Morgan fingerprint density at radius 1 is 1.16 bits per heavy atom. The normalized spacial score (nSPS) is 14.3. The second-order valence-corrected chi connectivity index (χ2v) is 10.7. The van der Waals surface area contributed by atoms with Gasteiger partial charge in [-0.15, -0.1) is 0 Å². The molecule has 1 fully saturated rings. The number of aryl methyl sites for hydroxylation is 1. The summed E-state index contributed by atoms with van der Waals surface area (Å²) in [5.74, 6) is 1.45. The minimum atomic E-state index is -0.515. The molecule has 0 bridgehead atoms. The fourth-order valence-corrected chi connectivity index (χ4v) is 4.38. The number of likely N-dealkylation sites (tertiary alicyclic amines) is 1. The van der Waals surface area contributed by atoms with E-state index in [-0.39, 0.29) is 18.0 Å². The van der Waals surface area contributed by atoms with Crippen LogP contribution >= 0.6 is 0 Å². The van der Waals surface area contributed by atoms with Crippen LogP contribution in [0.3, 0.4) is 0 Å². The maximum Gasteiger partial charge on any atom is 0.410 e. The highest BCUT2D eigenvalue weighted by Gasteiger charge is 2.30. The minimum Gasteiger partial charge on any atom is -0.494 e. The Balaban J connectivity index is 1.67. The summed E-state index contributed by atoms with van der Waals surface area (Å²) >= 11 is 0. The lowest BCUT2D eigenvalue weighted by Crippen LogP contribution is -2.48. The SMILES string of the molecule is C=C(NCc1ccc(OCCC)cc1)N(Cc1ccc(F)cc1C)C1CCN(C(=O)OC(C)(C)C)CC1. The number of halogens is 1. The van der Waals surface area contributed by atoms with Crippen molar-refractivity contribution in [2.75, 3.05) is 19.7 Å². The first kappa shape index (κ1) is 28.4. The number of rotatable bonds is 10. The van der Waals surface area contributed by atoms with Gasteiger partial charge in [-0.3, -0.25) is 0 Å². The average Bonchev–Trinajstić information content (AvgIpc) is 2.85. The van der Waals surface area contributed by atoms with Crippen LogP contribution in [0.25, 0.3) is 0 Å². The number of nitrogens with one attached hydrogen (secondary N) is 1. The number of piperidine rings is 1. The Hall–Kier alpha value is -3.22. The van der Waals surface area contributed by atoms with E-state index in [0.29, 0.717) is 32.8 Å². The Bertz CT molecular complexity index is 1040. The molecular weight excluding hydrogens is 469 g/mol. The van der Waals surface area contributed by atoms with E-state index < -0.39 is 5.60 Å². The lowest BCUT2D eigenvalue weighted by Gasteiger charge is -2.41. The molecule has 0 saturated carbocycles. The summed E-state index contributed by atoms with van der Waals surface area (Å²) in [6.45, 7) is 17.2. The molecule has 202 valence electrons. The van der Waals surface area contributed by atoms with Gasteiger partial charge in [0.1, 0.15) is 17.2 Å². The molecule has 1 aliphatic heterocycles. The first-order valence-electron chi connectivity index (χ1n) is 13.2. The third-order valence-corrected chi connectivity index (χ3v) is 6.44. The summed E-state index contributed by atoms with van der Waals surface area (Å²) in [6, 6.07) is 13.2. The molecule has 0 aromatic heterocycles. The van der Waals surface area contributed by atoms with Gasteiger partial charge in [0, 0.05) is 32.2 Å². The van der Waals surface area contributed by atoms with Gasteiger partial charge in [0.2, 0.25) is 0 Å². The summed E-state index contributed by atoms with van der Waals surface area (Å²) in [7, 11) is 0. The van der Waals surface area contributed by atoms with Gasteiger partial charge in [0.05, 0.1) is 12.4 Å². The molecule has 0 aliphatic carbocycles. The summed E-state index contributed by atoms with van der Waals surface area (Å²) < 4.78 is 25.0. The Kier molecular flexibility index (Phi) is 9.84. The number of amides is 1. The van der Waals surface area contributed by atoms with Crippen molar-refractivity contribution in [2.24, 2.45) is 0 Å². The zero-order valence-electron chi connectivity index (χ0n) is 23.0. The van der Waals surface area contributed by atoms with Gasteiger partial charge in [-0.05, 0) is 87.9 Å². The Labute approximate surface area is 221 Å². The van der Waals surface area contributed by atoms with Gasteiger partial charge >= 0.3 is 6.09 Å². The zero-order valence-corrected chi connectivity index (χ0v) is 23.0. The van der Waals surface area contributed by atoms with Crippen molar-refractivity contribution in [1.29, 1.82) is 0 Å². The Morgan fingerprint density at radius 2 is 1.84 bits per heavy atom. The molecule has 1 heterocycles. The molecule has 1 saturated heterocycles. The second kappa shape index (κ2) is 12.8. The fraction of sp³-hybridized carbons (Fsp3) is 0.500. The second-order valence-electron chi connectivity index (χ2n) is 10.7. The molecule has 37 heavy (non-hydrogen) atoms. The number of ether oxygens (including phenoxy) is 2. The number of nitrogens with zero attached hydrogens (tertiary/aromatic N) is 2. The molecule has 7 heteroatoms. The molecule has 0 radical (unpaired) electrons. The van der Waals surface area contributed by atoms with Crippen LogP contribution in [0.5, 0.6) is 5.75 Å². The molecule has 0 unspecified atom stereocenters. The van der Waals surface area contributed by atoms with Crippen molar-refractivity contribution in [1.82, 2.24) is 15.1 Å². The first-order chi connectivity index (χ1) is 17.6. The van der Waals surface area contributed by atoms with E-state index in [1.165, 1.54) is 6.07 Å². The van der Waals surface area contributed by atoms with E-state index in [1.807, 2.05) is 45.9 Å². The van der Waals surface area contributed by atoms with E-state index in [1.54, 1.807) is 11.0 Å².